The summed E-state index contributed by atoms with van der Waals surface area (Å²) in [6.45, 7) is 8.13. The van der Waals surface area contributed by atoms with Crippen molar-refractivity contribution in [2.75, 3.05) is 32.8 Å². The maximum Gasteiger partial charge on any atom is 0.226 e. The number of amides is 1. The molecule has 4 nitrogen and oxygen atoms in total. The second kappa shape index (κ2) is 7.29. The SMILES string of the molecule is Cc1cccc(OCCC(=O)N2CCCNCC2)c1C. The second-order valence-electron chi connectivity index (χ2n) is 5.28. The van der Waals surface area contributed by atoms with Crippen molar-refractivity contribution >= 4 is 5.91 Å². The van der Waals surface area contributed by atoms with Crippen LogP contribution in [0.5, 0.6) is 5.75 Å². The Balaban J connectivity index is 1.80. The van der Waals surface area contributed by atoms with Gasteiger partial charge in [0.25, 0.3) is 0 Å². The summed E-state index contributed by atoms with van der Waals surface area (Å²) in [6, 6.07) is 6.01. The molecule has 2 rings (SSSR count). The normalized spacial score (nSPS) is 15.8. The molecular formula is C16H24N2O2. The lowest BCUT2D eigenvalue weighted by Gasteiger charge is -2.20. The van der Waals surface area contributed by atoms with E-state index in [0.29, 0.717) is 13.0 Å². The van der Waals surface area contributed by atoms with Gasteiger partial charge in [-0.1, -0.05) is 12.1 Å². The maximum atomic E-state index is 12.1. The van der Waals surface area contributed by atoms with Crippen LogP contribution in [0.2, 0.25) is 0 Å². The third kappa shape index (κ3) is 3.97. The highest BCUT2D eigenvalue weighted by atomic mass is 16.5. The Labute approximate surface area is 121 Å². The van der Waals surface area contributed by atoms with Crippen LogP contribution in [0.15, 0.2) is 18.2 Å². The number of nitrogens with one attached hydrogen (secondary N) is 1. The number of ether oxygens (including phenoxy) is 1. The van der Waals surface area contributed by atoms with Crippen molar-refractivity contribution in [3.05, 3.63) is 29.3 Å². The van der Waals surface area contributed by atoms with E-state index < -0.39 is 0 Å². The molecule has 20 heavy (non-hydrogen) atoms. The third-order valence-electron chi connectivity index (χ3n) is 3.82. The minimum absolute atomic E-state index is 0.194. The van der Waals surface area contributed by atoms with Crippen LogP contribution in [0.25, 0.3) is 0 Å². The zero-order valence-electron chi connectivity index (χ0n) is 12.4. The number of hydrogen-bond donors (Lipinski definition) is 1. The van der Waals surface area contributed by atoms with E-state index in [1.165, 1.54) is 5.56 Å². The van der Waals surface area contributed by atoms with E-state index in [0.717, 1.165) is 43.9 Å². The van der Waals surface area contributed by atoms with E-state index in [-0.39, 0.29) is 5.91 Å². The van der Waals surface area contributed by atoms with Gasteiger partial charge in [0.15, 0.2) is 0 Å². The number of benzene rings is 1. The zero-order chi connectivity index (χ0) is 14.4. The number of aryl methyl sites for hydroxylation is 1. The van der Waals surface area contributed by atoms with Gasteiger partial charge in [0, 0.05) is 19.6 Å². The highest BCUT2D eigenvalue weighted by Gasteiger charge is 2.15. The first kappa shape index (κ1) is 14.9. The van der Waals surface area contributed by atoms with E-state index in [9.17, 15) is 4.79 Å². The van der Waals surface area contributed by atoms with Gasteiger partial charge in [-0.15, -0.1) is 0 Å². The molecule has 110 valence electrons. The summed E-state index contributed by atoms with van der Waals surface area (Å²) in [5.74, 6) is 1.08. The molecule has 0 spiro atoms. The molecule has 4 heteroatoms. The second-order valence-corrected chi connectivity index (χ2v) is 5.28. The first-order valence-electron chi connectivity index (χ1n) is 7.36. The fraction of sp³-hybridized carbons (Fsp3) is 0.562. The van der Waals surface area contributed by atoms with Gasteiger partial charge >= 0.3 is 0 Å². The van der Waals surface area contributed by atoms with Crippen molar-refractivity contribution in [2.24, 2.45) is 0 Å². The predicted molar refractivity (Wildman–Crippen MR) is 80.1 cm³/mol. The highest BCUT2D eigenvalue weighted by molar-refractivity contribution is 5.76. The van der Waals surface area contributed by atoms with Gasteiger partial charge in [0.05, 0.1) is 13.0 Å². The molecule has 0 aromatic heterocycles. The molecule has 0 atom stereocenters. The number of nitrogens with zero attached hydrogens (tertiary/aromatic N) is 1. The summed E-state index contributed by atoms with van der Waals surface area (Å²) in [5.41, 5.74) is 2.37. The first-order chi connectivity index (χ1) is 9.68. The summed E-state index contributed by atoms with van der Waals surface area (Å²) in [7, 11) is 0. The van der Waals surface area contributed by atoms with Gasteiger partial charge in [-0.05, 0) is 44.0 Å². The number of carbonyl (C=O) groups is 1. The monoisotopic (exact) mass is 276 g/mol. The van der Waals surface area contributed by atoms with E-state index in [4.69, 9.17) is 4.74 Å². The van der Waals surface area contributed by atoms with Crippen molar-refractivity contribution in [3.8, 4) is 5.75 Å². The van der Waals surface area contributed by atoms with Gasteiger partial charge in [0.2, 0.25) is 5.91 Å². The van der Waals surface area contributed by atoms with Crippen molar-refractivity contribution < 1.29 is 9.53 Å². The quantitative estimate of drug-likeness (QED) is 0.913. The molecule has 1 saturated heterocycles. The summed E-state index contributed by atoms with van der Waals surface area (Å²) >= 11 is 0. The van der Waals surface area contributed by atoms with Gasteiger partial charge < -0.3 is 15.0 Å². The average Bonchev–Trinajstić information content (AvgIpc) is 2.72. The Bertz CT molecular complexity index is 452. The predicted octanol–water partition coefficient (Wildman–Crippen LogP) is 1.89. The number of hydrogen-bond acceptors (Lipinski definition) is 3. The van der Waals surface area contributed by atoms with Crippen LogP contribution in [0.1, 0.15) is 24.0 Å². The third-order valence-corrected chi connectivity index (χ3v) is 3.82. The van der Waals surface area contributed by atoms with Crippen molar-refractivity contribution in [2.45, 2.75) is 26.7 Å². The summed E-state index contributed by atoms with van der Waals surface area (Å²) in [4.78, 5) is 14.0. The van der Waals surface area contributed by atoms with Crippen molar-refractivity contribution in [1.29, 1.82) is 0 Å². The molecule has 0 bridgehead atoms. The lowest BCUT2D eigenvalue weighted by Crippen LogP contribution is -2.34. The standard InChI is InChI=1S/C16H24N2O2/c1-13-5-3-6-15(14(13)2)20-12-7-16(19)18-10-4-8-17-9-11-18/h3,5-6,17H,4,7-12H2,1-2H3. The van der Waals surface area contributed by atoms with Crippen LogP contribution in [0, 0.1) is 13.8 Å². The smallest absolute Gasteiger partial charge is 0.226 e. The molecule has 0 saturated carbocycles. The van der Waals surface area contributed by atoms with E-state index in [2.05, 4.69) is 18.3 Å². The number of rotatable bonds is 4. The van der Waals surface area contributed by atoms with Gasteiger partial charge in [-0.2, -0.15) is 0 Å². The van der Waals surface area contributed by atoms with Crippen LogP contribution in [0.3, 0.4) is 0 Å². The molecule has 0 unspecified atom stereocenters. The summed E-state index contributed by atoms with van der Waals surface area (Å²) in [6.07, 6.45) is 1.48. The number of carbonyl (C=O) groups excluding carboxylic acids is 1. The van der Waals surface area contributed by atoms with Gasteiger partial charge in [0.1, 0.15) is 5.75 Å². The molecule has 1 heterocycles. The van der Waals surface area contributed by atoms with Crippen molar-refractivity contribution in [3.63, 3.8) is 0 Å². The van der Waals surface area contributed by atoms with Crippen LogP contribution < -0.4 is 10.1 Å². The van der Waals surface area contributed by atoms with E-state index in [1.54, 1.807) is 0 Å². The Morgan fingerprint density at radius 3 is 3.00 bits per heavy atom. The molecule has 1 N–H and O–H groups in total. The Hall–Kier alpha value is -1.55. The van der Waals surface area contributed by atoms with Crippen LogP contribution in [0.4, 0.5) is 0 Å². The molecular weight excluding hydrogens is 252 g/mol. The van der Waals surface area contributed by atoms with E-state index >= 15 is 0 Å². The Morgan fingerprint density at radius 1 is 1.30 bits per heavy atom. The molecule has 1 aliphatic rings. The van der Waals surface area contributed by atoms with E-state index in [1.807, 2.05) is 24.0 Å². The molecule has 1 amide bonds. The fourth-order valence-electron chi connectivity index (χ4n) is 2.38. The lowest BCUT2D eigenvalue weighted by atomic mass is 10.1. The van der Waals surface area contributed by atoms with Crippen molar-refractivity contribution in [1.82, 2.24) is 10.2 Å². The fourth-order valence-corrected chi connectivity index (χ4v) is 2.38. The van der Waals surface area contributed by atoms with Gasteiger partial charge in [-0.3, -0.25) is 4.79 Å². The lowest BCUT2D eigenvalue weighted by molar-refractivity contribution is -0.131. The van der Waals surface area contributed by atoms with Crippen LogP contribution >= 0.6 is 0 Å². The highest BCUT2D eigenvalue weighted by Crippen LogP contribution is 2.20. The molecule has 1 fully saturated rings. The topological polar surface area (TPSA) is 41.6 Å². The van der Waals surface area contributed by atoms with Crippen LogP contribution in [-0.2, 0) is 4.79 Å². The minimum atomic E-state index is 0.194. The largest absolute Gasteiger partial charge is 0.493 e. The van der Waals surface area contributed by atoms with Crippen LogP contribution in [-0.4, -0.2) is 43.6 Å². The maximum absolute atomic E-state index is 12.1. The molecule has 1 aliphatic heterocycles. The Morgan fingerprint density at radius 2 is 2.15 bits per heavy atom. The minimum Gasteiger partial charge on any atom is -0.493 e. The zero-order valence-corrected chi connectivity index (χ0v) is 12.4. The Kier molecular flexibility index (Phi) is 5.41. The summed E-state index contributed by atoms with van der Waals surface area (Å²) < 4.78 is 5.75. The first-order valence-corrected chi connectivity index (χ1v) is 7.36. The van der Waals surface area contributed by atoms with Gasteiger partial charge in [-0.25, -0.2) is 0 Å². The summed E-state index contributed by atoms with van der Waals surface area (Å²) in [5, 5.41) is 3.30. The molecule has 1 aromatic rings. The average molecular weight is 276 g/mol. The molecule has 0 aliphatic carbocycles. The molecule has 0 radical (unpaired) electrons. The molecule has 1 aromatic carbocycles.